The van der Waals surface area contributed by atoms with Crippen LogP contribution in [-0.2, 0) is 25.7 Å². The van der Waals surface area contributed by atoms with Gasteiger partial charge >= 0.3 is 11.9 Å². The third kappa shape index (κ3) is 8.15. The maximum atomic E-state index is 11.6. The molecule has 10 heteroatoms. The summed E-state index contributed by atoms with van der Waals surface area (Å²) in [6, 6.07) is 7.56. The van der Waals surface area contributed by atoms with Gasteiger partial charge in [0.1, 0.15) is 25.5 Å². The topological polar surface area (TPSA) is 152 Å². The molecule has 1 aliphatic rings. The van der Waals surface area contributed by atoms with E-state index in [0.717, 1.165) is 42.6 Å². The summed E-state index contributed by atoms with van der Waals surface area (Å²) in [5.74, 6) is -0.704. The average Bonchev–Trinajstić information content (AvgIpc) is 2.78. The third-order valence-electron chi connectivity index (χ3n) is 5.11. The van der Waals surface area contributed by atoms with Crippen LogP contribution >= 0.6 is 0 Å². The van der Waals surface area contributed by atoms with E-state index in [0.29, 0.717) is 18.5 Å². The highest BCUT2D eigenvalue weighted by atomic mass is 16.5. The van der Waals surface area contributed by atoms with Crippen molar-refractivity contribution in [1.82, 2.24) is 9.97 Å². The number of nitrogens with two attached hydrogens (primary N) is 1. The number of esters is 1. The molecule has 2 aromatic rings. The van der Waals surface area contributed by atoms with Crippen molar-refractivity contribution in [2.75, 3.05) is 31.2 Å². The second-order valence-corrected chi connectivity index (χ2v) is 7.67. The highest BCUT2D eigenvalue weighted by Gasteiger charge is 2.21. The molecule has 0 unspecified atom stereocenters. The van der Waals surface area contributed by atoms with Gasteiger partial charge in [-0.1, -0.05) is 25.6 Å². The Morgan fingerprint density at radius 2 is 1.88 bits per heavy atom. The Bertz CT molecular complexity index is 943. The Kier molecular flexibility index (Phi) is 9.74. The van der Waals surface area contributed by atoms with E-state index in [4.69, 9.17) is 25.7 Å². The van der Waals surface area contributed by atoms with Crippen LogP contribution in [0.15, 0.2) is 36.7 Å². The molecule has 3 rings (SSSR count). The van der Waals surface area contributed by atoms with Gasteiger partial charge in [0, 0.05) is 31.0 Å². The molecule has 10 nitrogen and oxygen atoms in total. The zero-order valence-corrected chi connectivity index (χ0v) is 17.7. The molecular formula is C23H31N5O5. The number of amidine groups is 1. The van der Waals surface area contributed by atoms with Gasteiger partial charge in [0.15, 0.2) is 0 Å². The Morgan fingerprint density at radius 3 is 2.52 bits per heavy atom. The van der Waals surface area contributed by atoms with Gasteiger partial charge in [-0.15, -0.1) is 0 Å². The number of carboxylic acid groups (broad SMARTS) is 1. The largest absolute Gasteiger partial charge is 0.480 e. The molecule has 0 atom stereocenters. The minimum absolute atomic E-state index is 0. The number of benzene rings is 1. The van der Waals surface area contributed by atoms with E-state index in [-0.39, 0.29) is 32.9 Å². The minimum Gasteiger partial charge on any atom is -0.480 e. The van der Waals surface area contributed by atoms with Gasteiger partial charge in [0.05, 0.1) is 6.61 Å². The number of aliphatic carboxylic acids is 1. The van der Waals surface area contributed by atoms with Crippen LogP contribution in [0, 0.1) is 11.3 Å². The van der Waals surface area contributed by atoms with Crippen molar-refractivity contribution in [3.05, 3.63) is 42.2 Å². The molecule has 1 aliphatic heterocycles. The predicted octanol–water partition coefficient (Wildman–Crippen LogP) is 2.47. The van der Waals surface area contributed by atoms with E-state index in [1.807, 2.05) is 24.3 Å². The summed E-state index contributed by atoms with van der Waals surface area (Å²) in [6.07, 6.45) is 5.11. The lowest BCUT2D eigenvalue weighted by atomic mass is 9.98. The van der Waals surface area contributed by atoms with E-state index >= 15 is 0 Å². The number of nitrogens with one attached hydrogen (secondary N) is 1. The molecule has 1 saturated heterocycles. The number of carboxylic acids is 1. The summed E-state index contributed by atoms with van der Waals surface area (Å²) in [5, 5.41) is 15.8. The fourth-order valence-corrected chi connectivity index (χ4v) is 3.46. The number of carbonyl (C=O) groups is 2. The van der Waals surface area contributed by atoms with Crippen LogP contribution in [0.5, 0.6) is 0 Å². The lowest BCUT2D eigenvalue weighted by Crippen LogP contribution is -2.36. The first-order valence-electron chi connectivity index (χ1n) is 10.3. The number of hydrogen-bond acceptors (Lipinski definition) is 8. The Labute approximate surface area is 193 Å². The van der Waals surface area contributed by atoms with Crippen molar-refractivity contribution in [2.24, 2.45) is 11.7 Å². The highest BCUT2D eigenvalue weighted by Crippen LogP contribution is 2.24. The van der Waals surface area contributed by atoms with Gasteiger partial charge in [-0.25, -0.2) is 14.8 Å². The normalized spacial score (nSPS) is 13.8. The van der Waals surface area contributed by atoms with Gasteiger partial charge < -0.3 is 25.2 Å². The highest BCUT2D eigenvalue weighted by molar-refractivity contribution is 5.94. The smallest absolute Gasteiger partial charge is 0.329 e. The molecule has 0 radical (unpaired) electrons. The molecular weight excluding hydrogens is 426 g/mol. The molecule has 4 N–H and O–H groups in total. The first kappa shape index (κ1) is 25.7. The van der Waals surface area contributed by atoms with Crippen molar-refractivity contribution in [1.29, 1.82) is 5.41 Å². The van der Waals surface area contributed by atoms with Crippen molar-refractivity contribution < 1.29 is 24.2 Å². The number of anilines is 1. The quantitative estimate of drug-likeness (QED) is 0.277. The van der Waals surface area contributed by atoms with Crippen molar-refractivity contribution >= 4 is 23.7 Å². The van der Waals surface area contributed by atoms with Gasteiger partial charge in [-0.3, -0.25) is 10.2 Å². The van der Waals surface area contributed by atoms with Crippen LogP contribution in [0.3, 0.4) is 0 Å². The zero-order chi connectivity index (χ0) is 22.9. The van der Waals surface area contributed by atoms with Crippen LogP contribution < -0.4 is 10.6 Å². The maximum Gasteiger partial charge on any atom is 0.329 e. The van der Waals surface area contributed by atoms with Crippen molar-refractivity contribution in [3.8, 4) is 11.1 Å². The lowest BCUT2D eigenvalue weighted by Gasteiger charge is -2.31. The third-order valence-corrected chi connectivity index (χ3v) is 5.11. The van der Waals surface area contributed by atoms with Gasteiger partial charge in [-0.2, -0.15) is 0 Å². The first-order chi connectivity index (χ1) is 15.4. The summed E-state index contributed by atoms with van der Waals surface area (Å²) in [5.41, 5.74) is 7.78. The van der Waals surface area contributed by atoms with Crippen LogP contribution in [0.2, 0.25) is 0 Å². The number of rotatable bonds is 10. The van der Waals surface area contributed by atoms with Gasteiger partial charge in [-0.05, 0) is 36.0 Å². The standard InChI is InChI=1S/C22H27N5O5.CH4/c23-19(24)9-21(30)32-13-16-2-1-3-17(8-16)18-10-25-22(26-11-18)27-6-4-15(5-7-27)12-31-14-20(28)29;/h1-3,8,10-11,15H,4-7,9,12-14H2,(H3,23,24)(H,28,29);1H4. The number of hydrogen-bond donors (Lipinski definition) is 3. The number of aromatic nitrogens is 2. The SMILES string of the molecule is C.N=C(N)CC(=O)OCc1cccc(-c2cnc(N3CCC(COCC(=O)O)CC3)nc2)c1. The van der Waals surface area contributed by atoms with E-state index in [2.05, 4.69) is 14.9 Å². The number of carbonyl (C=O) groups excluding carboxylic acids is 1. The second kappa shape index (κ2) is 12.5. The molecule has 0 saturated carbocycles. The Hall–Kier alpha value is -3.53. The fraction of sp³-hybridized carbons (Fsp3) is 0.435. The average molecular weight is 458 g/mol. The summed E-state index contributed by atoms with van der Waals surface area (Å²) < 4.78 is 10.3. The van der Waals surface area contributed by atoms with E-state index in [1.165, 1.54) is 0 Å². The zero-order valence-electron chi connectivity index (χ0n) is 17.7. The summed E-state index contributed by atoms with van der Waals surface area (Å²) in [7, 11) is 0. The summed E-state index contributed by atoms with van der Waals surface area (Å²) >= 11 is 0. The second-order valence-electron chi connectivity index (χ2n) is 7.67. The minimum atomic E-state index is -0.949. The Balaban J connectivity index is 0.00000385. The monoisotopic (exact) mass is 457 g/mol. The molecule has 0 spiro atoms. The van der Waals surface area contributed by atoms with Crippen LogP contribution in [0.1, 0.15) is 32.3 Å². The molecule has 2 heterocycles. The summed E-state index contributed by atoms with van der Waals surface area (Å²) in [4.78, 5) is 33.2. The van der Waals surface area contributed by atoms with Crippen molar-refractivity contribution in [3.63, 3.8) is 0 Å². The molecule has 0 aliphatic carbocycles. The van der Waals surface area contributed by atoms with Crippen molar-refractivity contribution in [2.45, 2.75) is 33.3 Å². The van der Waals surface area contributed by atoms with Crippen LogP contribution in [0.25, 0.3) is 11.1 Å². The predicted molar refractivity (Wildman–Crippen MR) is 124 cm³/mol. The number of ether oxygens (including phenoxy) is 2. The van der Waals surface area contributed by atoms with Crippen LogP contribution in [-0.4, -0.2) is 59.2 Å². The maximum absolute atomic E-state index is 11.6. The Morgan fingerprint density at radius 1 is 1.18 bits per heavy atom. The lowest BCUT2D eigenvalue weighted by molar-refractivity contribution is -0.144. The van der Waals surface area contributed by atoms with E-state index < -0.39 is 11.9 Å². The molecule has 1 fully saturated rings. The molecule has 0 amide bonds. The number of nitrogens with zero attached hydrogens (tertiary/aromatic N) is 3. The molecule has 0 bridgehead atoms. The van der Waals surface area contributed by atoms with Crippen LogP contribution in [0.4, 0.5) is 5.95 Å². The molecule has 178 valence electrons. The fourth-order valence-electron chi connectivity index (χ4n) is 3.46. The molecule has 1 aromatic heterocycles. The summed E-state index contributed by atoms with van der Waals surface area (Å²) in [6.45, 7) is 1.89. The molecule has 33 heavy (non-hydrogen) atoms. The van der Waals surface area contributed by atoms with Gasteiger partial charge in [0.25, 0.3) is 0 Å². The van der Waals surface area contributed by atoms with E-state index in [9.17, 15) is 9.59 Å². The number of piperidine rings is 1. The first-order valence-corrected chi connectivity index (χ1v) is 10.3. The van der Waals surface area contributed by atoms with Gasteiger partial charge in [0.2, 0.25) is 5.95 Å². The molecule has 1 aromatic carbocycles. The van der Waals surface area contributed by atoms with E-state index in [1.54, 1.807) is 12.4 Å².